The maximum Gasteiger partial charge on any atom is 0.315 e. The number of thiazole rings is 1. The van der Waals surface area contributed by atoms with Crippen LogP contribution < -0.4 is 15.5 Å². The molecular formula is C15H26N4O2S. The fourth-order valence-electron chi connectivity index (χ4n) is 2.65. The highest BCUT2D eigenvalue weighted by atomic mass is 32.1. The maximum atomic E-state index is 11.9. The molecule has 2 atom stereocenters. The lowest BCUT2D eigenvalue weighted by atomic mass is 9.93. The fourth-order valence-corrected chi connectivity index (χ4v) is 3.41. The standard InChI is InChI=1S/C15H26N4O2S/c1-10(2)13-11(5-6-21-13)7-16-14(20)17-8-12-9-22-15(18-12)19(3)4/h9-11,13H,5-8H2,1-4H3,(H2,16,17,20). The lowest BCUT2D eigenvalue weighted by Gasteiger charge is -2.22. The predicted octanol–water partition coefficient (Wildman–Crippen LogP) is 2.07. The van der Waals surface area contributed by atoms with Gasteiger partial charge in [0, 0.05) is 38.5 Å². The minimum atomic E-state index is -0.145. The Morgan fingerprint density at radius 1 is 1.50 bits per heavy atom. The summed E-state index contributed by atoms with van der Waals surface area (Å²) in [6, 6.07) is -0.145. The summed E-state index contributed by atoms with van der Waals surface area (Å²) in [6.07, 6.45) is 1.27. The minimum Gasteiger partial charge on any atom is -0.378 e. The van der Waals surface area contributed by atoms with Gasteiger partial charge in [-0.05, 0) is 12.3 Å². The Morgan fingerprint density at radius 3 is 2.91 bits per heavy atom. The minimum absolute atomic E-state index is 0.145. The van der Waals surface area contributed by atoms with Crippen LogP contribution in [0.3, 0.4) is 0 Å². The van der Waals surface area contributed by atoms with Gasteiger partial charge in [-0.25, -0.2) is 9.78 Å². The van der Waals surface area contributed by atoms with E-state index in [2.05, 4.69) is 29.5 Å². The molecule has 124 valence electrons. The number of hydrogen-bond donors (Lipinski definition) is 2. The van der Waals surface area contributed by atoms with E-state index >= 15 is 0 Å². The zero-order chi connectivity index (χ0) is 16.1. The first-order valence-electron chi connectivity index (χ1n) is 7.72. The van der Waals surface area contributed by atoms with E-state index < -0.39 is 0 Å². The van der Waals surface area contributed by atoms with E-state index in [1.807, 2.05) is 24.4 Å². The van der Waals surface area contributed by atoms with Crippen molar-refractivity contribution in [2.24, 2.45) is 11.8 Å². The molecule has 0 aliphatic carbocycles. The van der Waals surface area contributed by atoms with Crippen LogP contribution in [0.4, 0.5) is 9.93 Å². The second-order valence-corrected chi connectivity index (χ2v) is 7.04. The first-order chi connectivity index (χ1) is 10.5. The number of nitrogens with one attached hydrogen (secondary N) is 2. The number of hydrogen-bond acceptors (Lipinski definition) is 5. The number of ether oxygens (including phenoxy) is 1. The molecule has 22 heavy (non-hydrogen) atoms. The van der Waals surface area contributed by atoms with Gasteiger partial charge in [-0.2, -0.15) is 0 Å². The quantitative estimate of drug-likeness (QED) is 0.840. The highest BCUT2D eigenvalue weighted by Crippen LogP contribution is 2.26. The Labute approximate surface area is 136 Å². The van der Waals surface area contributed by atoms with Gasteiger partial charge in [0.2, 0.25) is 0 Å². The van der Waals surface area contributed by atoms with Gasteiger partial charge in [0.25, 0.3) is 0 Å². The van der Waals surface area contributed by atoms with Gasteiger partial charge < -0.3 is 20.3 Å². The molecule has 7 heteroatoms. The average Bonchev–Trinajstić information content (AvgIpc) is 3.11. The van der Waals surface area contributed by atoms with Gasteiger partial charge in [0.1, 0.15) is 0 Å². The van der Waals surface area contributed by atoms with E-state index in [1.54, 1.807) is 11.3 Å². The number of carbonyl (C=O) groups excluding carboxylic acids is 1. The highest BCUT2D eigenvalue weighted by Gasteiger charge is 2.30. The number of carbonyl (C=O) groups is 1. The van der Waals surface area contributed by atoms with E-state index in [-0.39, 0.29) is 12.1 Å². The molecule has 1 aliphatic rings. The summed E-state index contributed by atoms with van der Waals surface area (Å²) in [5, 5.41) is 8.71. The van der Waals surface area contributed by atoms with Crippen LogP contribution in [-0.4, -0.2) is 44.4 Å². The molecule has 1 saturated heterocycles. The zero-order valence-electron chi connectivity index (χ0n) is 13.8. The van der Waals surface area contributed by atoms with E-state index in [0.717, 1.165) is 23.9 Å². The molecular weight excluding hydrogens is 300 g/mol. The molecule has 2 amide bonds. The van der Waals surface area contributed by atoms with Gasteiger partial charge in [-0.15, -0.1) is 11.3 Å². The highest BCUT2D eigenvalue weighted by molar-refractivity contribution is 7.13. The number of rotatable bonds is 6. The normalized spacial score (nSPS) is 21.1. The molecule has 0 aromatic carbocycles. The van der Waals surface area contributed by atoms with Crippen LogP contribution in [0.1, 0.15) is 26.0 Å². The van der Waals surface area contributed by atoms with Crippen LogP contribution >= 0.6 is 11.3 Å². The van der Waals surface area contributed by atoms with Crippen molar-refractivity contribution in [1.82, 2.24) is 15.6 Å². The third-order valence-electron chi connectivity index (χ3n) is 3.80. The predicted molar refractivity (Wildman–Crippen MR) is 89.4 cm³/mol. The molecule has 6 nitrogen and oxygen atoms in total. The van der Waals surface area contributed by atoms with Gasteiger partial charge in [0.15, 0.2) is 5.13 Å². The summed E-state index contributed by atoms with van der Waals surface area (Å²) < 4.78 is 5.73. The summed E-state index contributed by atoms with van der Waals surface area (Å²) in [5.74, 6) is 0.891. The zero-order valence-corrected chi connectivity index (χ0v) is 14.6. The first kappa shape index (κ1) is 17.0. The largest absolute Gasteiger partial charge is 0.378 e. The smallest absolute Gasteiger partial charge is 0.315 e. The second-order valence-electron chi connectivity index (χ2n) is 6.21. The van der Waals surface area contributed by atoms with Crippen molar-refractivity contribution >= 4 is 22.5 Å². The first-order valence-corrected chi connectivity index (χ1v) is 8.60. The molecule has 2 rings (SSSR count). The number of nitrogens with zero attached hydrogens (tertiary/aromatic N) is 2. The van der Waals surface area contributed by atoms with Gasteiger partial charge in [-0.3, -0.25) is 0 Å². The number of amides is 2. The summed E-state index contributed by atoms with van der Waals surface area (Å²) in [7, 11) is 3.91. The Bertz CT molecular complexity index is 490. The van der Waals surface area contributed by atoms with Gasteiger partial charge in [-0.1, -0.05) is 13.8 Å². The molecule has 2 unspecified atom stereocenters. The molecule has 2 heterocycles. The lowest BCUT2D eigenvalue weighted by molar-refractivity contribution is 0.0545. The van der Waals surface area contributed by atoms with Crippen LogP contribution in [0.15, 0.2) is 5.38 Å². The monoisotopic (exact) mass is 326 g/mol. The Morgan fingerprint density at radius 2 is 2.27 bits per heavy atom. The summed E-state index contributed by atoms with van der Waals surface area (Å²) in [5.41, 5.74) is 0.883. The van der Waals surface area contributed by atoms with Crippen LogP contribution in [0, 0.1) is 11.8 Å². The molecule has 0 spiro atoms. The van der Waals surface area contributed by atoms with E-state index in [4.69, 9.17) is 4.74 Å². The van der Waals surface area contributed by atoms with Crippen molar-refractivity contribution in [3.8, 4) is 0 Å². The Hall–Kier alpha value is -1.34. The van der Waals surface area contributed by atoms with E-state index in [9.17, 15) is 4.79 Å². The van der Waals surface area contributed by atoms with Gasteiger partial charge >= 0.3 is 6.03 Å². The van der Waals surface area contributed by atoms with Gasteiger partial charge in [0.05, 0.1) is 18.3 Å². The molecule has 1 aromatic rings. The van der Waals surface area contributed by atoms with Crippen LogP contribution in [-0.2, 0) is 11.3 Å². The van der Waals surface area contributed by atoms with Crippen LogP contribution in [0.5, 0.6) is 0 Å². The topological polar surface area (TPSA) is 66.5 Å². The van der Waals surface area contributed by atoms with Crippen molar-refractivity contribution in [3.05, 3.63) is 11.1 Å². The van der Waals surface area contributed by atoms with E-state index in [0.29, 0.717) is 24.9 Å². The molecule has 1 aliphatic heterocycles. The van der Waals surface area contributed by atoms with Crippen molar-refractivity contribution in [2.45, 2.75) is 32.9 Å². The molecule has 1 aromatic heterocycles. The van der Waals surface area contributed by atoms with Crippen molar-refractivity contribution in [2.75, 3.05) is 32.1 Å². The second kappa shape index (κ2) is 7.78. The summed E-state index contributed by atoms with van der Waals surface area (Å²) in [4.78, 5) is 18.3. The number of urea groups is 1. The lowest BCUT2D eigenvalue weighted by Crippen LogP contribution is -2.40. The van der Waals surface area contributed by atoms with Crippen molar-refractivity contribution in [3.63, 3.8) is 0 Å². The molecule has 0 bridgehead atoms. The summed E-state index contributed by atoms with van der Waals surface area (Å²) >= 11 is 1.57. The molecule has 1 fully saturated rings. The average molecular weight is 326 g/mol. The van der Waals surface area contributed by atoms with Crippen molar-refractivity contribution < 1.29 is 9.53 Å². The summed E-state index contributed by atoms with van der Waals surface area (Å²) in [6.45, 7) is 6.23. The third-order valence-corrected chi connectivity index (χ3v) is 4.85. The van der Waals surface area contributed by atoms with Crippen LogP contribution in [0.25, 0.3) is 0 Å². The number of anilines is 1. The molecule has 2 N–H and O–H groups in total. The van der Waals surface area contributed by atoms with Crippen molar-refractivity contribution in [1.29, 1.82) is 0 Å². The third kappa shape index (κ3) is 4.58. The molecule has 0 saturated carbocycles. The fraction of sp³-hybridized carbons (Fsp3) is 0.733. The SMILES string of the molecule is CC(C)C1OCCC1CNC(=O)NCc1csc(N(C)C)n1. The number of aromatic nitrogens is 1. The Balaban J connectivity index is 1.71. The molecule has 0 radical (unpaired) electrons. The maximum absolute atomic E-state index is 11.9. The van der Waals surface area contributed by atoms with E-state index in [1.165, 1.54) is 0 Å². The van der Waals surface area contributed by atoms with Crippen LogP contribution in [0.2, 0.25) is 0 Å². The Kier molecular flexibility index (Phi) is 6.02.